The van der Waals surface area contributed by atoms with E-state index in [0.717, 1.165) is 13.2 Å². The molecule has 4 nitrogen and oxygen atoms in total. The molecule has 15 heavy (non-hydrogen) atoms. The van der Waals surface area contributed by atoms with Crippen LogP contribution in [0.15, 0.2) is 12.1 Å². The van der Waals surface area contributed by atoms with E-state index in [1.54, 1.807) is 6.07 Å². The van der Waals surface area contributed by atoms with Crippen LogP contribution in [-0.4, -0.2) is 20.2 Å². The molecule has 0 radical (unpaired) electrons. The summed E-state index contributed by atoms with van der Waals surface area (Å²) < 4.78 is 22.5. The number of hydrogen-bond acceptors (Lipinski definition) is 4. The number of ether oxygens (including phenoxy) is 2. The van der Waals surface area contributed by atoms with Crippen molar-refractivity contribution in [2.45, 2.75) is 0 Å². The van der Waals surface area contributed by atoms with Crippen LogP contribution in [0.5, 0.6) is 5.75 Å². The summed E-state index contributed by atoms with van der Waals surface area (Å²) in [4.78, 5) is 11.2. The van der Waals surface area contributed by atoms with Crippen molar-refractivity contribution in [3.8, 4) is 11.8 Å². The Morgan fingerprint density at radius 2 is 2.13 bits per heavy atom. The maximum Gasteiger partial charge on any atom is 0.342 e. The Bertz CT molecular complexity index is 437. The highest BCUT2D eigenvalue weighted by atomic mass is 19.1. The van der Waals surface area contributed by atoms with E-state index in [0.29, 0.717) is 0 Å². The van der Waals surface area contributed by atoms with Gasteiger partial charge in [-0.1, -0.05) is 0 Å². The third-order valence-corrected chi connectivity index (χ3v) is 1.84. The number of carbonyl (C=O) groups excluding carboxylic acids is 1. The molecular weight excluding hydrogens is 201 g/mol. The fraction of sp³-hybridized carbons (Fsp3) is 0.200. The minimum Gasteiger partial charge on any atom is -0.495 e. The molecule has 0 N–H and O–H groups in total. The zero-order chi connectivity index (χ0) is 11.4. The molecule has 0 bridgehead atoms. The molecule has 1 rings (SSSR count). The van der Waals surface area contributed by atoms with Crippen molar-refractivity contribution >= 4 is 5.97 Å². The van der Waals surface area contributed by atoms with E-state index in [9.17, 15) is 9.18 Å². The molecule has 0 aliphatic heterocycles. The predicted octanol–water partition coefficient (Wildman–Crippen LogP) is 1.49. The van der Waals surface area contributed by atoms with E-state index in [2.05, 4.69) is 4.74 Å². The van der Waals surface area contributed by atoms with E-state index < -0.39 is 17.3 Å². The van der Waals surface area contributed by atoms with Gasteiger partial charge in [0.25, 0.3) is 0 Å². The molecule has 0 aliphatic rings. The second-order valence-electron chi connectivity index (χ2n) is 2.60. The van der Waals surface area contributed by atoms with E-state index in [1.165, 1.54) is 13.2 Å². The highest BCUT2D eigenvalue weighted by Crippen LogP contribution is 2.24. The molecule has 1 aromatic carbocycles. The molecule has 0 atom stereocenters. The Morgan fingerprint density at radius 1 is 1.47 bits per heavy atom. The summed E-state index contributed by atoms with van der Waals surface area (Å²) in [6.07, 6.45) is 0. The van der Waals surface area contributed by atoms with Gasteiger partial charge in [-0.05, 0) is 12.1 Å². The van der Waals surface area contributed by atoms with Crippen molar-refractivity contribution in [2.24, 2.45) is 0 Å². The molecule has 5 heteroatoms. The average Bonchev–Trinajstić information content (AvgIpc) is 2.27. The molecule has 0 unspecified atom stereocenters. The van der Waals surface area contributed by atoms with Crippen molar-refractivity contribution in [1.29, 1.82) is 5.26 Å². The standard InChI is InChI=1S/C10H8FNO3/c1-14-8-4-3-7(11)9(6(8)5-12)10(13)15-2/h3-4H,1-2H3. The maximum absolute atomic E-state index is 13.3. The van der Waals surface area contributed by atoms with Crippen LogP contribution in [0.1, 0.15) is 15.9 Å². The number of benzene rings is 1. The quantitative estimate of drug-likeness (QED) is 0.692. The van der Waals surface area contributed by atoms with Crippen LogP contribution in [0, 0.1) is 17.1 Å². The van der Waals surface area contributed by atoms with Gasteiger partial charge in [0.2, 0.25) is 0 Å². The number of methoxy groups -OCH3 is 2. The molecule has 0 heterocycles. The van der Waals surface area contributed by atoms with Gasteiger partial charge >= 0.3 is 5.97 Å². The number of nitrogens with zero attached hydrogens (tertiary/aromatic N) is 1. The van der Waals surface area contributed by atoms with Crippen molar-refractivity contribution in [3.05, 3.63) is 29.1 Å². The topological polar surface area (TPSA) is 59.3 Å². The highest BCUT2D eigenvalue weighted by molar-refractivity contribution is 5.93. The Morgan fingerprint density at radius 3 is 2.60 bits per heavy atom. The first-order valence-corrected chi connectivity index (χ1v) is 4.00. The van der Waals surface area contributed by atoms with Crippen LogP contribution in [0.25, 0.3) is 0 Å². The summed E-state index contributed by atoms with van der Waals surface area (Å²) in [6, 6.07) is 4.03. The summed E-state index contributed by atoms with van der Waals surface area (Å²) in [6.45, 7) is 0. The first-order chi connectivity index (χ1) is 7.15. The fourth-order valence-corrected chi connectivity index (χ4v) is 1.14. The van der Waals surface area contributed by atoms with Gasteiger partial charge in [0.05, 0.1) is 14.2 Å². The molecule has 0 fully saturated rings. The number of halogens is 1. The molecule has 1 aromatic rings. The molecule has 0 amide bonds. The van der Waals surface area contributed by atoms with Crippen LogP contribution >= 0.6 is 0 Å². The van der Waals surface area contributed by atoms with Crippen LogP contribution in [-0.2, 0) is 4.74 Å². The lowest BCUT2D eigenvalue weighted by molar-refractivity contribution is 0.0594. The van der Waals surface area contributed by atoms with Gasteiger partial charge in [0.1, 0.15) is 28.8 Å². The molecule has 0 saturated carbocycles. The van der Waals surface area contributed by atoms with Crippen LogP contribution in [0.2, 0.25) is 0 Å². The van der Waals surface area contributed by atoms with Crippen molar-refractivity contribution in [3.63, 3.8) is 0 Å². The molecule has 0 aromatic heterocycles. The lowest BCUT2D eigenvalue weighted by Crippen LogP contribution is -2.08. The molecule has 0 spiro atoms. The van der Waals surface area contributed by atoms with Crippen LogP contribution < -0.4 is 4.74 Å². The molecule has 0 aliphatic carbocycles. The number of nitriles is 1. The van der Waals surface area contributed by atoms with Gasteiger partial charge in [-0.2, -0.15) is 5.26 Å². The third kappa shape index (κ3) is 1.89. The Balaban J connectivity index is 3.47. The van der Waals surface area contributed by atoms with Gasteiger partial charge in [-0.25, -0.2) is 9.18 Å². The monoisotopic (exact) mass is 209 g/mol. The fourth-order valence-electron chi connectivity index (χ4n) is 1.14. The summed E-state index contributed by atoms with van der Waals surface area (Å²) >= 11 is 0. The van der Waals surface area contributed by atoms with Crippen LogP contribution in [0.4, 0.5) is 4.39 Å². The van der Waals surface area contributed by atoms with Gasteiger partial charge < -0.3 is 9.47 Å². The Kier molecular flexibility index (Phi) is 3.24. The van der Waals surface area contributed by atoms with Gasteiger partial charge in [0, 0.05) is 0 Å². The number of hydrogen-bond donors (Lipinski definition) is 0. The number of rotatable bonds is 2. The first-order valence-electron chi connectivity index (χ1n) is 4.00. The lowest BCUT2D eigenvalue weighted by atomic mass is 10.1. The third-order valence-electron chi connectivity index (χ3n) is 1.84. The minimum absolute atomic E-state index is 0.138. The maximum atomic E-state index is 13.3. The second-order valence-corrected chi connectivity index (χ2v) is 2.60. The predicted molar refractivity (Wildman–Crippen MR) is 49.0 cm³/mol. The number of carbonyl (C=O) groups is 1. The smallest absolute Gasteiger partial charge is 0.342 e. The van der Waals surface area contributed by atoms with Gasteiger partial charge in [-0.15, -0.1) is 0 Å². The van der Waals surface area contributed by atoms with Crippen molar-refractivity contribution < 1.29 is 18.7 Å². The molecule has 0 saturated heterocycles. The second kappa shape index (κ2) is 4.42. The normalized spacial score (nSPS) is 9.20. The zero-order valence-electron chi connectivity index (χ0n) is 8.20. The summed E-state index contributed by atoms with van der Waals surface area (Å²) in [7, 11) is 2.44. The first kappa shape index (κ1) is 11.0. The average molecular weight is 209 g/mol. The van der Waals surface area contributed by atoms with Crippen molar-refractivity contribution in [2.75, 3.05) is 14.2 Å². The summed E-state index contributed by atoms with van der Waals surface area (Å²) in [5.74, 6) is -1.57. The van der Waals surface area contributed by atoms with E-state index in [1.807, 2.05) is 0 Å². The summed E-state index contributed by atoms with van der Waals surface area (Å²) in [5, 5.41) is 8.79. The molecule has 78 valence electrons. The Labute approximate surface area is 85.8 Å². The largest absolute Gasteiger partial charge is 0.495 e. The molecular formula is C10H8FNO3. The van der Waals surface area contributed by atoms with E-state index >= 15 is 0 Å². The SMILES string of the molecule is COC(=O)c1c(F)ccc(OC)c1C#N. The van der Waals surface area contributed by atoms with Crippen LogP contribution in [0.3, 0.4) is 0 Å². The zero-order valence-corrected chi connectivity index (χ0v) is 8.20. The highest BCUT2D eigenvalue weighted by Gasteiger charge is 2.21. The van der Waals surface area contributed by atoms with Gasteiger partial charge in [0.15, 0.2) is 0 Å². The van der Waals surface area contributed by atoms with E-state index in [4.69, 9.17) is 10.00 Å². The minimum atomic E-state index is -0.900. The van der Waals surface area contributed by atoms with Crippen molar-refractivity contribution in [1.82, 2.24) is 0 Å². The lowest BCUT2D eigenvalue weighted by Gasteiger charge is -2.07. The number of esters is 1. The van der Waals surface area contributed by atoms with Gasteiger partial charge in [-0.3, -0.25) is 0 Å². The van der Waals surface area contributed by atoms with E-state index in [-0.39, 0.29) is 11.3 Å². The Hall–Kier alpha value is -2.09. The summed E-state index contributed by atoms with van der Waals surface area (Å²) in [5.41, 5.74) is -0.566.